The quantitative estimate of drug-likeness (QED) is 0.877. The Kier molecular flexibility index (Phi) is 4.63. The van der Waals surface area contributed by atoms with Crippen molar-refractivity contribution in [3.8, 4) is 0 Å². The van der Waals surface area contributed by atoms with Crippen molar-refractivity contribution < 1.29 is 5.11 Å². The van der Waals surface area contributed by atoms with Crippen molar-refractivity contribution in [2.75, 3.05) is 6.61 Å². The lowest BCUT2D eigenvalue weighted by Gasteiger charge is -2.33. The summed E-state index contributed by atoms with van der Waals surface area (Å²) < 4.78 is 1.38. The van der Waals surface area contributed by atoms with Crippen LogP contribution in [0.25, 0.3) is 10.1 Å². The third-order valence-electron chi connectivity index (χ3n) is 4.88. The van der Waals surface area contributed by atoms with Crippen molar-refractivity contribution in [2.45, 2.75) is 51.6 Å². The SMILES string of the molecule is Cc1c(C(C)NC2CCCCC2CO)sc2ccccc12. The number of fused-ring (bicyclic) bond motifs is 1. The first-order valence-corrected chi connectivity index (χ1v) is 8.87. The molecule has 0 spiro atoms. The molecular weight excluding hydrogens is 278 g/mol. The number of hydrogen-bond donors (Lipinski definition) is 2. The Bertz CT molecular complexity index is 606. The Balaban J connectivity index is 1.80. The molecule has 1 aliphatic carbocycles. The Morgan fingerprint density at radius 1 is 1.29 bits per heavy atom. The van der Waals surface area contributed by atoms with Gasteiger partial charge >= 0.3 is 0 Å². The van der Waals surface area contributed by atoms with Gasteiger partial charge in [0.25, 0.3) is 0 Å². The van der Waals surface area contributed by atoms with Gasteiger partial charge in [0.2, 0.25) is 0 Å². The fourth-order valence-electron chi connectivity index (χ4n) is 3.65. The van der Waals surface area contributed by atoms with Crippen LogP contribution in [0.4, 0.5) is 0 Å². The van der Waals surface area contributed by atoms with Crippen LogP contribution in [0.1, 0.15) is 49.1 Å². The van der Waals surface area contributed by atoms with Crippen LogP contribution in [0.15, 0.2) is 24.3 Å². The van der Waals surface area contributed by atoms with E-state index in [-0.39, 0.29) is 0 Å². The predicted octanol–water partition coefficient (Wildman–Crippen LogP) is 4.41. The first kappa shape index (κ1) is 15.0. The van der Waals surface area contributed by atoms with E-state index in [1.54, 1.807) is 0 Å². The van der Waals surface area contributed by atoms with E-state index in [1.807, 2.05) is 11.3 Å². The van der Waals surface area contributed by atoms with Crippen LogP contribution >= 0.6 is 11.3 Å². The molecule has 1 heterocycles. The number of aliphatic hydroxyl groups excluding tert-OH is 1. The predicted molar refractivity (Wildman–Crippen MR) is 90.9 cm³/mol. The normalized spacial score (nSPS) is 24.3. The van der Waals surface area contributed by atoms with Crippen molar-refractivity contribution in [3.05, 3.63) is 34.7 Å². The van der Waals surface area contributed by atoms with Gasteiger partial charge in [-0.1, -0.05) is 31.0 Å². The maximum absolute atomic E-state index is 9.58. The van der Waals surface area contributed by atoms with Gasteiger partial charge in [-0.05, 0) is 49.6 Å². The zero-order valence-electron chi connectivity index (χ0n) is 12.9. The van der Waals surface area contributed by atoms with Gasteiger partial charge in [0.1, 0.15) is 0 Å². The zero-order valence-corrected chi connectivity index (χ0v) is 13.7. The molecule has 1 aromatic heterocycles. The molecule has 2 aromatic rings. The van der Waals surface area contributed by atoms with Crippen LogP contribution in [0.5, 0.6) is 0 Å². The zero-order chi connectivity index (χ0) is 14.8. The number of hydrogen-bond acceptors (Lipinski definition) is 3. The van der Waals surface area contributed by atoms with Crippen LogP contribution < -0.4 is 5.32 Å². The fraction of sp³-hybridized carbons (Fsp3) is 0.556. The minimum absolute atomic E-state index is 0.315. The molecule has 3 rings (SSSR count). The van der Waals surface area contributed by atoms with Crippen LogP contribution in [0.2, 0.25) is 0 Å². The van der Waals surface area contributed by atoms with Crippen molar-refractivity contribution in [1.82, 2.24) is 5.32 Å². The fourth-order valence-corrected chi connectivity index (χ4v) is 4.87. The second-order valence-electron chi connectivity index (χ2n) is 6.31. The molecule has 0 aliphatic heterocycles. The van der Waals surface area contributed by atoms with Gasteiger partial charge < -0.3 is 10.4 Å². The summed E-state index contributed by atoms with van der Waals surface area (Å²) in [5.41, 5.74) is 1.41. The molecule has 3 heteroatoms. The Labute approximate surface area is 131 Å². The molecule has 1 saturated carbocycles. The highest BCUT2D eigenvalue weighted by atomic mass is 32.1. The highest BCUT2D eigenvalue weighted by molar-refractivity contribution is 7.19. The molecule has 1 aromatic carbocycles. The molecular formula is C18H25NOS. The molecule has 1 fully saturated rings. The Morgan fingerprint density at radius 3 is 2.81 bits per heavy atom. The largest absolute Gasteiger partial charge is 0.396 e. The van der Waals surface area contributed by atoms with Gasteiger partial charge in [-0.2, -0.15) is 0 Å². The average molecular weight is 303 g/mol. The van der Waals surface area contributed by atoms with Crippen LogP contribution in [-0.2, 0) is 0 Å². The molecule has 114 valence electrons. The summed E-state index contributed by atoms with van der Waals surface area (Å²) in [6, 6.07) is 9.48. The number of nitrogens with one attached hydrogen (secondary N) is 1. The molecule has 0 saturated heterocycles. The summed E-state index contributed by atoms with van der Waals surface area (Å²) in [5.74, 6) is 0.427. The first-order valence-electron chi connectivity index (χ1n) is 8.05. The van der Waals surface area contributed by atoms with Gasteiger partial charge in [-0.3, -0.25) is 0 Å². The van der Waals surface area contributed by atoms with E-state index < -0.39 is 0 Å². The highest BCUT2D eigenvalue weighted by Gasteiger charge is 2.26. The maximum atomic E-state index is 9.58. The molecule has 0 bridgehead atoms. The summed E-state index contributed by atoms with van der Waals surface area (Å²) in [5, 5.41) is 14.7. The van der Waals surface area contributed by atoms with Crippen LogP contribution in [0.3, 0.4) is 0 Å². The number of thiophene rings is 1. The molecule has 1 aliphatic rings. The minimum atomic E-state index is 0.315. The standard InChI is InChI=1S/C18H25NOS/c1-12-15-8-4-6-10-17(15)21-18(12)13(2)19-16-9-5-3-7-14(16)11-20/h4,6,8,10,13-14,16,19-20H,3,5,7,9,11H2,1-2H3. The van der Waals surface area contributed by atoms with Crippen molar-refractivity contribution in [1.29, 1.82) is 0 Å². The number of benzene rings is 1. The summed E-state index contributed by atoms with van der Waals surface area (Å²) in [7, 11) is 0. The van der Waals surface area contributed by atoms with Gasteiger partial charge in [0, 0.05) is 28.3 Å². The molecule has 2 N–H and O–H groups in total. The van der Waals surface area contributed by atoms with Crippen LogP contribution in [0, 0.1) is 12.8 Å². The number of aliphatic hydroxyl groups is 1. The average Bonchev–Trinajstić information content (AvgIpc) is 2.85. The first-order chi connectivity index (χ1) is 10.2. The lowest BCUT2D eigenvalue weighted by Crippen LogP contribution is -2.41. The van der Waals surface area contributed by atoms with E-state index in [1.165, 1.54) is 39.8 Å². The van der Waals surface area contributed by atoms with Crippen molar-refractivity contribution >= 4 is 21.4 Å². The second kappa shape index (κ2) is 6.47. The lowest BCUT2D eigenvalue weighted by atomic mass is 9.84. The molecule has 2 nitrogen and oxygen atoms in total. The number of rotatable bonds is 4. The highest BCUT2D eigenvalue weighted by Crippen LogP contribution is 2.35. The second-order valence-corrected chi connectivity index (χ2v) is 7.39. The molecule has 3 unspecified atom stereocenters. The van der Waals surface area contributed by atoms with Gasteiger partial charge in [0.15, 0.2) is 0 Å². The molecule has 21 heavy (non-hydrogen) atoms. The summed E-state index contributed by atoms with van der Waals surface area (Å²) in [6.07, 6.45) is 4.90. The number of aryl methyl sites for hydroxylation is 1. The van der Waals surface area contributed by atoms with Gasteiger partial charge in [0.05, 0.1) is 0 Å². The van der Waals surface area contributed by atoms with Gasteiger partial charge in [-0.25, -0.2) is 0 Å². The summed E-state index contributed by atoms with van der Waals surface area (Å²) >= 11 is 1.90. The Hall–Kier alpha value is -0.900. The topological polar surface area (TPSA) is 32.3 Å². The molecule has 0 radical (unpaired) electrons. The summed E-state index contributed by atoms with van der Waals surface area (Å²) in [6.45, 7) is 4.81. The van der Waals surface area contributed by atoms with E-state index in [0.717, 1.165) is 6.42 Å². The van der Waals surface area contributed by atoms with E-state index >= 15 is 0 Å². The van der Waals surface area contributed by atoms with E-state index in [9.17, 15) is 5.11 Å². The maximum Gasteiger partial charge on any atom is 0.0474 e. The van der Waals surface area contributed by atoms with E-state index in [0.29, 0.717) is 24.6 Å². The molecule has 0 amide bonds. The smallest absolute Gasteiger partial charge is 0.0474 e. The summed E-state index contributed by atoms with van der Waals surface area (Å²) in [4.78, 5) is 1.44. The minimum Gasteiger partial charge on any atom is -0.396 e. The van der Waals surface area contributed by atoms with Gasteiger partial charge in [-0.15, -0.1) is 11.3 Å². The van der Waals surface area contributed by atoms with Crippen molar-refractivity contribution in [2.24, 2.45) is 5.92 Å². The van der Waals surface area contributed by atoms with E-state index in [4.69, 9.17) is 0 Å². The van der Waals surface area contributed by atoms with E-state index in [2.05, 4.69) is 43.4 Å². The Morgan fingerprint density at radius 2 is 2.05 bits per heavy atom. The third-order valence-corrected chi connectivity index (χ3v) is 6.34. The van der Waals surface area contributed by atoms with Crippen LogP contribution in [-0.4, -0.2) is 17.8 Å². The van der Waals surface area contributed by atoms with Crippen molar-refractivity contribution in [3.63, 3.8) is 0 Å². The third kappa shape index (κ3) is 3.01. The molecule has 3 atom stereocenters. The lowest BCUT2D eigenvalue weighted by molar-refractivity contribution is 0.147. The monoisotopic (exact) mass is 303 g/mol.